The fourth-order valence-electron chi connectivity index (χ4n) is 0.571. The van der Waals surface area contributed by atoms with E-state index in [-0.39, 0.29) is 5.97 Å². The summed E-state index contributed by atoms with van der Waals surface area (Å²) in [5, 5.41) is 0. The van der Waals surface area contributed by atoms with Crippen LogP contribution in [-0.2, 0) is 10.9 Å². The Labute approximate surface area is 73.0 Å². The Balaban J connectivity index is 3.74. The molecule has 0 rings (SSSR count). The van der Waals surface area contributed by atoms with Crippen LogP contribution in [0.3, 0.4) is 0 Å². The summed E-state index contributed by atoms with van der Waals surface area (Å²) in [6.45, 7) is 1.95. The van der Waals surface area contributed by atoms with Crippen LogP contribution in [0.25, 0.3) is 0 Å². The van der Waals surface area contributed by atoms with Crippen LogP contribution in [-0.4, -0.2) is 32.3 Å². The van der Waals surface area contributed by atoms with E-state index in [1.165, 1.54) is 0 Å². The molecular weight excluding hydrogens is 251 g/mol. The predicted octanol–water partition coefficient (Wildman–Crippen LogP) is 1.68. The van der Waals surface area contributed by atoms with Crippen LogP contribution < -0.4 is 0 Å². The Kier molecular flexibility index (Phi) is 5.08. The molecule has 0 aromatic carbocycles. The third-order valence-electron chi connectivity index (χ3n) is 1.31. The zero-order valence-electron chi connectivity index (χ0n) is 7.64. The van der Waals surface area contributed by atoms with E-state index in [4.69, 9.17) is 6.15 Å². The molecular formula is C7H16O3Sn. The predicted molar refractivity (Wildman–Crippen MR) is 45.5 cm³/mol. The van der Waals surface area contributed by atoms with Gasteiger partial charge in [-0.2, -0.15) is 0 Å². The van der Waals surface area contributed by atoms with Crippen LogP contribution in [0.2, 0.25) is 9.88 Å². The minimum absolute atomic E-state index is 0.116. The van der Waals surface area contributed by atoms with Crippen LogP contribution in [0, 0.1) is 0 Å². The molecule has 0 fully saturated rings. The maximum atomic E-state index is 11.0. The van der Waals surface area contributed by atoms with Gasteiger partial charge in [0.25, 0.3) is 0 Å². The molecule has 0 saturated carbocycles. The number of hydrogen-bond donors (Lipinski definition) is 0. The molecule has 0 N–H and O–H groups in total. The Morgan fingerprint density at radius 1 is 1.45 bits per heavy atom. The van der Waals surface area contributed by atoms with Crippen LogP contribution >= 0.6 is 0 Å². The van der Waals surface area contributed by atoms with Gasteiger partial charge in [0, 0.05) is 0 Å². The van der Waals surface area contributed by atoms with Gasteiger partial charge in [-0.15, -0.1) is 0 Å². The van der Waals surface area contributed by atoms with E-state index in [1.807, 2.05) is 16.8 Å². The molecule has 66 valence electrons. The zero-order valence-corrected chi connectivity index (χ0v) is 10.5. The summed E-state index contributed by atoms with van der Waals surface area (Å²) in [5.41, 5.74) is 0. The van der Waals surface area contributed by atoms with Crippen LogP contribution in [0.15, 0.2) is 0 Å². The molecule has 11 heavy (non-hydrogen) atoms. The van der Waals surface area contributed by atoms with Gasteiger partial charge in [0.2, 0.25) is 0 Å². The van der Waals surface area contributed by atoms with E-state index >= 15 is 0 Å². The van der Waals surface area contributed by atoms with E-state index in [0.717, 1.165) is 6.42 Å². The van der Waals surface area contributed by atoms with Gasteiger partial charge in [0.15, 0.2) is 0 Å². The fraction of sp³-hybridized carbons (Fsp3) is 0.857. The number of rotatable bonds is 4. The average molecular weight is 267 g/mol. The van der Waals surface area contributed by atoms with Gasteiger partial charge in [-0.1, -0.05) is 0 Å². The van der Waals surface area contributed by atoms with E-state index in [2.05, 4.69) is 0 Å². The Bertz CT molecular complexity index is 134. The fourth-order valence-corrected chi connectivity index (χ4v) is 2.66. The summed E-state index contributed by atoms with van der Waals surface area (Å²) in [7, 11) is 1.61. The second-order valence-electron chi connectivity index (χ2n) is 2.83. The molecule has 0 saturated heterocycles. The van der Waals surface area contributed by atoms with Gasteiger partial charge in [-0.3, -0.25) is 0 Å². The zero-order chi connectivity index (χ0) is 8.91. The molecule has 0 bridgehead atoms. The third-order valence-corrected chi connectivity index (χ3v) is 6.16. The summed E-state index contributed by atoms with van der Waals surface area (Å²) < 4.78 is 10.3. The molecule has 0 atom stereocenters. The van der Waals surface area contributed by atoms with Crippen molar-refractivity contribution in [3.05, 3.63) is 0 Å². The van der Waals surface area contributed by atoms with Gasteiger partial charge in [-0.05, 0) is 0 Å². The van der Waals surface area contributed by atoms with E-state index in [0.29, 0.717) is 6.42 Å². The first kappa shape index (κ1) is 11.2. The molecule has 0 unspecified atom stereocenters. The van der Waals surface area contributed by atoms with Gasteiger partial charge in [0.1, 0.15) is 0 Å². The van der Waals surface area contributed by atoms with Crippen molar-refractivity contribution in [3.8, 4) is 0 Å². The molecule has 0 amide bonds. The Morgan fingerprint density at radius 2 is 2.00 bits per heavy atom. The van der Waals surface area contributed by atoms with Crippen molar-refractivity contribution in [2.45, 2.75) is 29.6 Å². The molecule has 0 spiro atoms. The molecule has 0 aliphatic rings. The summed E-state index contributed by atoms with van der Waals surface area (Å²) in [4.78, 5) is 14.8. The molecule has 4 heteroatoms. The van der Waals surface area contributed by atoms with E-state index in [9.17, 15) is 4.79 Å². The molecule has 0 aromatic rings. The quantitative estimate of drug-likeness (QED) is 0.727. The first-order valence-electron chi connectivity index (χ1n) is 3.79. The number of carbonyl (C=O) groups excluding carboxylic acids is 1. The third kappa shape index (κ3) is 5.49. The van der Waals surface area contributed by atoms with E-state index < -0.39 is 19.2 Å². The molecule has 3 nitrogen and oxygen atoms in total. The molecule has 0 aliphatic carbocycles. The first-order valence-corrected chi connectivity index (χ1v) is 11.8. The topological polar surface area (TPSA) is 35.5 Å². The Morgan fingerprint density at radius 3 is 2.36 bits per heavy atom. The van der Waals surface area contributed by atoms with Crippen molar-refractivity contribution in [1.29, 1.82) is 0 Å². The SMILES string of the molecule is CCCC(=O)[O][Sn]([CH3])([CH3])[O]C. The maximum absolute atomic E-state index is 11.0. The van der Waals surface area contributed by atoms with Gasteiger partial charge < -0.3 is 0 Å². The van der Waals surface area contributed by atoms with Crippen molar-refractivity contribution in [1.82, 2.24) is 0 Å². The number of hydrogen-bond acceptors (Lipinski definition) is 3. The molecule has 0 heterocycles. The van der Waals surface area contributed by atoms with Crippen molar-refractivity contribution in [3.63, 3.8) is 0 Å². The molecule has 0 radical (unpaired) electrons. The monoisotopic (exact) mass is 268 g/mol. The average Bonchev–Trinajstić information content (AvgIpc) is 1.87. The van der Waals surface area contributed by atoms with Crippen molar-refractivity contribution >= 4 is 25.2 Å². The van der Waals surface area contributed by atoms with E-state index in [1.54, 1.807) is 7.11 Å². The van der Waals surface area contributed by atoms with Gasteiger partial charge >= 0.3 is 72.9 Å². The normalized spacial score (nSPS) is 11.3. The summed E-state index contributed by atoms with van der Waals surface area (Å²) in [6, 6.07) is 0. The van der Waals surface area contributed by atoms with Crippen molar-refractivity contribution in [2.24, 2.45) is 0 Å². The summed E-state index contributed by atoms with van der Waals surface area (Å²) in [6.07, 6.45) is 1.34. The number of carbonyl (C=O) groups is 1. The first-order chi connectivity index (χ1) is 5.02. The molecule has 0 aromatic heterocycles. The van der Waals surface area contributed by atoms with Crippen molar-refractivity contribution < 1.29 is 10.9 Å². The van der Waals surface area contributed by atoms with Crippen LogP contribution in [0.1, 0.15) is 19.8 Å². The second kappa shape index (κ2) is 4.98. The van der Waals surface area contributed by atoms with Gasteiger partial charge in [0.05, 0.1) is 0 Å². The molecule has 0 aliphatic heterocycles. The summed E-state index contributed by atoms with van der Waals surface area (Å²) >= 11 is -2.81. The van der Waals surface area contributed by atoms with Gasteiger partial charge in [-0.25, -0.2) is 0 Å². The minimum atomic E-state index is -2.81. The second-order valence-corrected chi connectivity index (χ2v) is 12.6. The standard InChI is InChI=1S/C4H8O2.CH3O.2CH3.Sn/c1-2-3-4(5)6;1-2;;;/h2-3H2,1H3,(H,5,6);1H3;2*1H3;/q;-1;;;+2/p-1. The van der Waals surface area contributed by atoms with Crippen LogP contribution in [0.4, 0.5) is 0 Å². The Hall–Kier alpha value is 0.229. The van der Waals surface area contributed by atoms with Crippen molar-refractivity contribution in [2.75, 3.05) is 7.11 Å². The van der Waals surface area contributed by atoms with Crippen LogP contribution in [0.5, 0.6) is 0 Å². The summed E-state index contributed by atoms with van der Waals surface area (Å²) in [5.74, 6) is -0.116.